The number of phenols is 1. The van der Waals surface area contributed by atoms with Crippen LogP contribution in [0.25, 0.3) is 11.1 Å². The molecule has 0 aromatic heterocycles. The quantitative estimate of drug-likeness (QED) is 0.735. The molecule has 3 aromatic rings. The third kappa shape index (κ3) is 3.95. The maximum atomic E-state index is 9.38. The Hall–Kier alpha value is -3.05. The topological polar surface area (TPSA) is 66.7 Å². The Labute approximate surface area is 155 Å². The van der Waals surface area contributed by atoms with Crippen molar-refractivity contribution in [2.75, 3.05) is 0 Å². The Bertz CT molecular complexity index is 987. The van der Waals surface area contributed by atoms with Crippen molar-refractivity contribution in [3.05, 3.63) is 83.4 Å². The minimum absolute atomic E-state index is 0.290. The first-order valence-corrected chi connectivity index (χ1v) is 8.76. The summed E-state index contributed by atoms with van der Waals surface area (Å²) in [5, 5.41) is 9.38. The van der Waals surface area contributed by atoms with Gasteiger partial charge in [-0.05, 0) is 47.4 Å². The molecule has 0 saturated heterocycles. The molecule has 4 nitrogen and oxygen atoms in total. The van der Waals surface area contributed by atoms with Gasteiger partial charge in [0.1, 0.15) is 5.75 Å². The van der Waals surface area contributed by atoms with E-state index in [2.05, 4.69) is 49.4 Å². The average Bonchev–Trinajstić information content (AvgIpc) is 3.06. The highest BCUT2D eigenvalue weighted by molar-refractivity contribution is 7.51. The number of aromatic hydroxyl groups is 1. The number of nitrogens with zero attached hydrogens (tertiary/aromatic N) is 1. The molecule has 0 radical (unpaired) electrons. The van der Waals surface area contributed by atoms with Crippen LogP contribution in [0.3, 0.4) is 0 Å². The second kappa shape index (κ2) is 7.89. The molecule has 130 valence electrons. The second-order valence-corrected chi connectivity index (χ2v) is 6.20. The standard InChI is InChI=1S/C21H17NO.O2S/c1-14-2-11-20-18(12-14)13-21(22-20)17-5-3-15(4-6-17)16-7-9-19(23)10-8-16;1-3-2/h2-12,23H,13H2,1H3;. The van der Waals surface area contributed by atoms with Gasteiger partial charge in [-0.2, -0.15) is 8.42 Å². The lowest BCUT2D eigenvalue weighted by Crippen LogP contribution is -2.00. The van der Waals surface area contributed by atoms with Crippen LogP contribution in [0.2, 0.25) is 0 Å². The van der Waals surface area contributed by atoms with E-state index in [9.17, 15) is 5.11 Å². The fourth-order valence-corrected chi connectivity index (χ4v) is 3.01. The average molecular weight is 363 g/mol. The third-order valence-electron chi connectivity index (χ3n) is 4.27. The van der Waals surface area contributed by atoms with Gasteiger partial charge in [-0.25, -0.2) is 0 Å². The number of hydrogen-bond acceptors (Lipinski definition) is 4. The van der Waals surface area contributed by atoms with Crippen molar-refractivity contribution in [1.82, 2.24) is 0 Å². The lowest BCUT2D eigenvalue weighted by Gasteiger charge is -2.05. The maximum absolute atomic E-state index is 9.38. The van der Waals surface area contributed by atoms with E-state index in [0.29, 0.717) is 5.75 Å². The summed E-state index contributed by atoms with van der Waals surface area (Å²) < 4.78 is 16.6. The van der Waals surface area contributed by atoms with Crippen LogP contribution < -0.4 is 0 Å². The molecule has 5 heteroatoms. The van der Waals surface area contributed by atoms with Crippen LogP contribution in [0.1, 0.15) is 16.7 Å². The number of aryl methyl sites for hydroxylation is 1. The van der Waals surface area contributed by atoms with Gasteiger partial charge >= 0.3 is 11.6 Å². The molecular formula is C21H17NO3S. The van der Waals surface area contributed by atoms with E-state index in [1.807, 2.05) is 12.1 Å². The highest BCUT2D eigenvalue weighted by Crippen LogP contribution is 2.30. The summed E-state index contributed by atoms with van der Waals surface area (Å²) in [6, 6.07) is 22.2. The van der Waals surface area contributed by atoms with Gasteiger partial charge in [-0.15, -0.1) is 0 Å². The molecule has 0 atom stereocenters. The van der Waals surface area contributed by atoms with Crippen molar-refractivity contribution in [3.63, 3.8) is 0 Å². The molecule has 0 fully saturated rings. The molecule has 0 amide bonds. The zero-order valence-electron chi connectivity index (χ0n) is 14.2. The summed E-state index contributed by atoms with van der Waals surface area (Å²) in [5.74, 6) is 0.290. The van der Waals surface area contributed by atoms with Crippen LogP contribution in [0.4, 0.5) is 5.69 Å². The summed E-state index contributed by atoms with van der Waals surface area (Å²) in [7, 11) is 0. The van der Waals surface area contributed by atoms with Crippen LogP contribution in [0.5, 0.6) is 5.75 Å². The molecule has 3 aromatic carbocycles. The molecular weight excluding hydrogens is 346 g/mol. The van der Waals surface area contributed by atoms with E-state index in [0.717, 1.165) is 28.9 Å². The number of benzene rings is 3. The summed E-state index contributed by atoms with van der Waals surface area (Å²) in [6.07, 6.45) is 0.898. The molecule has 4 rings (SSSR count). The van der Waals surface area contributed by atoms with Gasteiger partial charge in [-0.3, -0.25) is 4.99 Å². The minimum Gasteiger partial charge on any atom is -0.508 e. The molecule has 0 bridgehead atoms. The normalized spacial score (nSPS) is 11.8. The molecule has 0 spiro atoms. The van der Waals surface area contributed by atoms with Gasteiger partial charge < -0.3 is 5.11 Å². The predicted molar refractivity (Wildman–Crippen MR) is 104 cm³/mol. The van der Waals surface area contributed by atoms with Crippen LogP contribution in [0, 0.1) is 6.92 Å². The van der Waals surface area contributed by atoms with Gasteiger partial charge in [0, 0.05) is 6.42 Å². The van der Waals surface area contributed by atoms with Crippen molar-refractivity contribution in [3.8, 4) is 16.9 Å². The fourth-order valence-electron chi connectivity index (χ4n) is 3.01. The molecule has 1 heterocycles. The molecule has 0 unspecified atom stereocenters. The van der Waals surface area contributed by atoms with Crippen molar-refractivity contribution >= 4 is 23.0 Å². The predicted octanol–water partition coefficient (Wildman–Crippen LogP) is 4.37. The molecule has 0 saturated carbocycles. The van der Waals surface area contributed by atoms with Gasteiger partial charge in [0.15, 0.2) is 0 Å². The molecule has 1 aliphatic rings. The van der Waals surface area contributed by atoms with E-state index < -0.39 is 11.6 Å². The number of aliphatic imine (C=N–C) groups is 1. The Balaban J connectivity index is 0.000000613. The van der Waals surface area contributed by atoms with Crippen LogP contribution in [0.15, 0.2) is 71.7 Å². The Kier molecular flexibility index (Phi) is 5.39. The van der Waals surface area contributed by atoms with Crippen LogP contribution in [-0.4, -0.2) is 19.2 Å². The van der Waals surface area contributed by atoms with E-state index >= 15 is 0 Å². The van der Waals surface area contributed by atoms with Gasteiger partial charge in [-0.1, -0.05) is 54.1 Å². The fraction of sp³-hybridized carbons (Fsp3) is 0.0952. The van der Waals surface area contributed by atoms with Crippen molar-refractivity contribution < 1.29 is 13.5 Å². The van der Waals surface area contributed by atoms with Gasteiger partial charge in [0.25, 0.3) is 0 Å². The maximum Gasteiger partial charge on any atom is 0.335 e. The zero-order chi connectivity index (χ0) is 18.5. The first kappa shape index (κ1) is 17.8. The first-order chi connectivity index (χ1) is 12.6. The van der Waals surface area contributed by atoms with E-state index in [1.165, 1.54) is 16.7 Å². The van der Waals surface area contributed by atoms with E-state index in [4.69, 9.17) is 13.4 Å². The van der Waals surface area contributed by atoms with Gasteiger partial charge in [0.05, 0.1) is 11.4 Å². The highest BCUT2D eigenvalue weighted by atomic mass is 32.1. The van der Waals surface area contributed by atoms with Crippen molar-refractivity contribution in [2.45, 2.75) is 13.3 Å². The summed E-state index contributed by atoms with van der Waals surface area (Å²) in [5.41, 5.74) is 8.21. The Morgan fingerprint density at radius 2 is 1.38 bits per heavy atom. The molecule has 1 aliphatic heterocycles. The number of hydrogen-bond donors (Lipinski definition) is 1. The van der Waals surface area contributed by atoms with Crippen LogP contribution in [-0.2, 0) is 18.0 Å². The number of fused-ring (bicyclic) bond motifs is 1. The first-order valence-electron chi connectivity index (χ1n) is 8.09. The second-order valence-electron chi connectivity index (χ2n) is 6.06. The Morgan fingerprint density at radius 3 is 2.00 bits per heavy atom. The largest absolute Gasteiger partial charge is 0.508 e. The van der Waals surface area contributed by atoms with E-state index in [1.54, 1.807) is 12.1 Å². The van der Waals surface area contributed by atoms with Gasteiger partial charge in [0.2, 0.25) is 0 Å². The summed E-state index contributed by atoms with van der Waals surface area (Å²) in [4.78, 5) is 4.76. The van der Waals surface area contributed by atoms with Crippen molar-refractivity contribution in [2.24, 2.45) is 4.99 Å². The molecule has 1 N–H and O–H groups in total. The van der Waals surface area contributed by atoms with Crippen molar-refractivity contribution in [1.29, 1.82) is 0 Å². The van der Waals surface area contributed by atoms with Crippen LogP contribution >= 0.6 is 0 Å². The highest BCUT2D eigenvalue weighted by Gasteiger charge is 2.15. The summed E-state index contributed by atoms with van der Waals surface area (Å²) >= 11 is -0.750. The Morgan fingerprint density at radius 1 is 0.846 bits per heavy atom. The molecule has 0 aliphatic carbocycles. The number of phenolic OH excluding ortho intramolecular Hbond substituents is 1. The smallest absolute Gasteiger partial charge is 0.335 e. The van der Waals surface area contributed by atoms with E-state index in [-0.39, 0.29) is 0 Å². The molecule has 26 heavy (non-hydrogen) atoms. The summed E-state index contributed by atoms with van der Waals surface area (Å²) in [6.45, 7) is 2.12. The number of rotatable bonds is 2. The monoisotopic (exact) mass is 363 g/mol. The third-order valence-corrected chi connectivity index (χ3v) is 4.27. The lowest BCUT2D eigenvalue weighted by atomic mass is 9.99. The lowest BCUT2D eigenvalue weighted by molar-refractivity contribution is 0.475. The minimum atomic E-state index is -0.750. The SMILES string of the molecule is Cc1ccc2c(c1)CC(c1ccc(-c3ccc(O)cc3)cc1)=N2.O=S=O. The zero-order valence-corrected chi connectivity index (χ0v) is 15.0.